The van der Waals surface area contributed by atoms with Crippen LogP contribution < -0.4 is 15.2 Å². The number of aromatic nitrogens is 2. The van der Waals surface area contributed by atoms with E-state index >= 15 is 0 Å². The molecule has 0 saturated carbocycles. The smallest absolute Gasteiger partial charge is 0.161 e. The number of rotatable bonds is 7. The fraction of sp³-hybridized carbons (Fsp3) is 0.438. The quantitative estimate of drug-likeness (QED) is 0.848. The average Bonchev–Trinajstić information content (AvgIpc) is 2.76. The number of nitrogens with two attached hydrogens (primary N) is 1. The second-order valence-electron chi connectivity index (χ2n) is 4.91. The molecule has 2 N–H and O–H groups in total. The van der Waals surface area contributed by atoms with Crippen LogP contribution in [-0.4, -0.2) is 30.0 Å². The van der Waals surface area contributed by atoms with Crippen LogP contribution >= 0.6 is 0 Å². The first kappa shape index (κ1) is 15.4. The van der Waals surface area contributed by atoms with E-state index in [1.807, 2.05) is 35.9 Å². The lowest BCUT2D eigenvalue weighted by Crippen LogP contribution is -2.12. The zero-order chi connectivity index (χ0) is 15.2. The first-order chi connectivity index (χ1) is 10.2. The van der Waals surface area contributed by atoms with E-state index in [-0.39, 0.29) is 0 Å². The van der Waals surface area contributed by atoms with E-state index in [1.165, 1.54) is 11.3 Å². The summed E-state index contributed by atoms with van der Waals surface area (Å²) in [7, 11) is 1.64. The summed E-state index contributed by atoms with van der Waals surface area (Å²) in [5.41, 5.74) is 9.10. The van der Waals surface area contributed by atoms with E-state index in [2.05, 4.69) is 12.0 Å². The number of hydrogen-bond acceptors (Lipinski definition) is 4. The van der Waals surface area contributed by atoms with Crippen LogP contribution in [0.4, 0.5) is 0 Å². The molecule has 0 fully saturated rings. The topological polar surface area (TPSA) is 62.3 Å². The van der Waals surface area contributed by atoms with Gasteiger partial charge in [-0.1, -0.05) is 12.1 Å². The normalized spacial score (nSPS) is 10.7. The highest BCUT2D eigenvalue weighted by Gasteiger charge is 2.10. The van der Waals surface area contributed by atoms with Crippen molar-refractivity contribution in [2.75, 3.05) is 20.3 Å². The van der Waals surface area contributed by atoms with Crippen molar-refractivity contribution in [1.82, 2.24) is 9.78 Å². The van der Waals surface area contributed by atoms with Crippen molar-refractivity contribution in [3.63, 3.8) is 0 Å². The van der Waals surface area contributed by atoms with Gasteiger partial charge in [0.1, 0.15) is 6.61 Å². The zero-order valence-electron chi connectivity index (χ0n) is 12.9. The Kier molecular flexibility index (Phi) is 5.22. The van der Waals surface area contributed by atoms with Gasteiger partial charge in [-0.25, -0.2) is 0 Å². The van der Waals surface area contributed by atoms with E-state index < -0.39 is 0 Å². The Morgan fingerprint density at radius 1 is 1.19 bits per heavy atom. The number of ether oxygens (including phenoxy) is 2. The van der Waals surface area contributed by atoms with Crippen LogP contribution in [0.2, 0.25) is 0 Å². The van der Waals surface area contributed by atoms with Crippen molar-refractivity contribution >= 4 is 0 Å². The summed E-state index contributed by atoms with van der Waals surface area (Å²) in [5.74, 6) is 1.50. The minimum absolute atomic E-state index is 0.546. The molecule has 1 aromatic heterocycles. The van der Waals surface area contributed by atoms with Crippen LogP contribution in [0.15, 0.2) is 24.3 Å². The molecule has 0 bridgehead atoms. The first-order valence-corrected chi connectivity index (χ1v) is 7.16. The fourth-order valence-electron chi connectivity index (χ4n) is 2.44. The van der Waals surface area contributed by atoms with Crippen molar-refractivity contribution < 1.29 is 9.47 Å². The van der Waals surface area contributed by atoms with Gasteiger partial charge in [0.15, 0.2) is 11.5 Å². The summed E-state index contributed by atoms with van der Waals surface area (Å²) >= 11 is 0. The highest BCUT2D eigenvalue weighted by molar-refractivity contribution is 5.39. The van der Waals surface area contributed by atoms with Crippen molar-refractivity contribution in [1.29, 1.82) is 0 Å². The highest BCUT2D eigenvalue weighted by Crippen LogP contribution is 2.25. The lowest BCUT2D eigenvalue weighted by molar-refractivity contribution is 0.273. The van der Waals surface area contributed by atoms with Crippen molar-refractivity contribution in [2.24, 2.45) is 5.73 Å². The minimum atomic E-state index is 0.546. The molecule has 21 heavy (non-hydrogen) atoms. The molecule has 0 aliphatic rings. The van der Waals surface area contributed by atoms with Gasteiger partial charge in [0.05, 0.1) is 19.3 Å². The molecule has 0 radical (unpaired) electrons. The zero-order valence-corrected chi connectivity index (χ0v) is 12.9. The third-order valence-corrected chi connectivity index (χ3v) is 3.56. The molecule has 5 heteroatoms. The number of nitrogens with zero attached hydrogens (tertiary/aromatic N) is 2. The van der Waals surface area contributed by atoms with Crippen LogP contribution in [0.25, 0.3) is 0 Å². The Labute approximate surface area is 125 Å². The van der Waals surface area contributed by atoms with Crippen molar-refractivity contribution in [2.45, 2.75) is 26.8 Å². The Hall–Kier alpha value is -2.01. The Bertz CT molecular complexity index is 593. The van der Waals surface area contributed by atoms with E-state index in [9.17, 15) is 0 Å². The summed E-state index contributed by atoms with van der Waals surface area (Å²) in [5, 5.41) is 4.55. The van der Waals surface area contributed by atoms with Gasteiger partial charge >= 0.3 is 0 Å². The molecule has 0 aliphatic carbocycles. The van der Waals surface area contributed by atoms with Gasteiger partial charge in [0.2, 0.25) is 0 Å². The van der Waals surface area contributed by atoms with E-state index in [1.54, 1.807) is 7.11 Å². The Balaban J connectivity index is 1.99. The number of para-hydroxylation sites is 2. The van der Waals surface area contributed by atoms with Crippen LogP contribution in [-0.2, 0) is 13.0 Å². The average molecular weight is 289 g/mol. The largest absolute Gasteiger partial charge is 0.493 e. The van der Waals surface area contributed by atoms with Gasteiger partial charge in [-0.2, -0.15) is 5.10 Å². The summed E-state index contributed by atoms with van der Waals surface area (Å²) in [6.07, 6.45) is 0.866. The van der Waals surface area contributed by atoms with E-state index in [0.29, 0.717) is 19.7 Å². The lowest BCUT2D eigenvalue weighted by Gasteiger charge is -2.11. The van der Waals surface area contributed by atoms with E-state index in [0.717, 1.165) is 23.6 Å². The van der Waals surface area contributed by atoms with Gasteiger partial charge in [-0.15, -0.1) is 0 Å². The van der Waals surface area contributed by atoms with Gasteiger partial charge < -0.3 is 15.2 Å². The third kappa shape index (κ3) is 3.55. The molecule has 1 aromatic carbocycles. The van der Waals surface area contributed by atoms with Crippen LogP contribution in [0, 0.1) is 13.8 Å². The van der Waals surface area contributed by atoms with Crippen molar-refractivity contribution in [3.05, 3.63) is 41.2 Å². The number of methoxy groups -OCH3 is 1. The van der Waals surface area contributed by atoms with Gasteiger partial charge in [0, 0.05) is 5.69 Å². The predicted molar refractivity (Wildman–Crippen MR) is 82.9 cm³/mol. The summed E-state index contributed by atoms with van der Waals surface area (Å²) in [6, 6.07) is 7.64. The lowest BCUT2D eigenvalue weighted by atomic mass is 10.1. The molecule has 0 amide bonds. The SMILES string of the molecule is COc1ccccc1OCCn1nc(C)c(CCN)c1C. The maximum Gasteiger partial charge on any atom is 0.161 e. The Morgan fingerprint density at radius 2 is 1.90 bits per heavy atom. The van der Waals surface area contributed by atoms with E-state index in [4.69, 9.17) is 15.2 Å². The molecular weight excluding hydrogens is 266 g/mol. The number of benzene rings is 1. The molecule has 114 valence electrons. The van der Waals surface area contributed by atoms with Crippen LogP contribution in [0.5, 0.6) is 11.5 Å². The molecule has 1 heterocycles. The highest BCUT2D eigenvalue weighted by atomic mass is 16.5. The molecule has 2 rings (SSSR count). The maximum absolute atomic E-state index is 5.79. The summed E-state index contributed by atoms with van der Waals surface area (Å²) in [6.45, 7) is 5.99. The minimum Gasteiger partial charge on any atom is -0.493 e. The molecule has 0 atom stereocenters. The standard InChI is InChI=1S/C16H23N3O2/c1-12-14(8-9-17)13(2)19(18-12)10-11-21-16-7-5-4-6-15(16)20-3/h4-7H,8-11,17H2,1-3H3. The molecule has 0 spiro atoms. The molecule has 0 saturated heterocycles. The van der Waals surface area contributed by atoms with Gasteiger partial charge in [-0.05, 0) is 44.5 Å². The second-order valence-corrected chi connectivity index (χ2v) is 4.91. The number of hydrogen-bond donors (Lipinski definition) is 1. The summed E-state index contributed by atoms with van der Waals surface area (Å²) in [4.78, 5) is 0. The van der Waals surface area contributed by atoms with Crippen molar-refractivity contribution in [3.8, 4) is 11.5 Å². The fourth-order valence-corrected chi connectivity index (χ4v) is 2.44. The molecule has 5 nitrogen and oxygen atoms in total. The second kappa shape index (κ2) is 7.13. The molecule has 0 aliphatic heterocycles. The van der Waals surface area contributed by atoms with Crippen LogP contribution in [0.3, 0.4) is 0 Å². The Morgan fingerprint density at radius 3 is 2.57 bits per heavy atom. The number of aryl methyl sites for hydroxylation is 1. The maximum atomic E-state index is 5.79. The van der Waals surface area contributed by atoms with Gasteiger partial charge in [-0.3, -0.25) is 4.68 Å². The van der Waals surface area contributed by atoms with Crippen LogP contribution in [0.1, 0.15) is 17.0 Å². The molecule has 2 aromatic rings. The molecule has 0 unspecified atom stereocenters. The molecular formula is C16H23N3O2. The first-order valence-electron chi connectivity index (χ1n) is 7.16. The predicted octanol–water partition coefficient (Wildman–Crippen LogP) is 2.09. The van der Waals surface area contributed by atoms with Gasteiger partial charge in [0.25, 0.3) is 0 Å². The third-order valence-electron chi connectivity index (χ3n) is 3.56. The summed E-state index contributed by atoms with van der Waals surface area (Å²) < 4.78 is 13.0. The monoisotopic (exact) mass is 289 g/mol.